The van der Waals surface area contributed by atoms with E-state index < -0.39 is 8.07 Å². The van der Waals surface area contributed by atoms with Gasteiger partial charge in [-0.1, -0.05) is 41.6 Å². The molecule has 2 rings (SSSR count). The first-order chi connectivity index (χ1) is 6.47. The largest absolute Gasteiger partial charge is 0.466 e. The number of hydrogen-bond donors (Lipinski definition) is 0. The first-order valence-corrected chi connectivity index (χ1v) is 8.96. The quantitative estimate of drug-likeness (QED) is 0.719. The van der Waals surface area contributed by atoms with Gasteiger partial charge < -0.3 is 4.42 Å². The zero-order valence-corrected chi connectivity index (χ0v) is 11.2. The Hall–Kier alpha value is -0.543. The van der Waals surface area contributed by atoms with Crippen molar-refractivity contribution in [3.05, 3.63) is 28.7 Å². The summed E-state index contributed by atoms with van der Waals surface area (Å²) in [5, 5.41) is 2.37. The van der Waals surface area contributed by atoms with Gasteiger partial charge in [-0.2, -0.15) is 0 Å². The average molecular weight is 269 g/mol. The molecule has 0 fully saturated rings. The molecule has 3 heteroatoms. The molecule has 1 aromatic heterocycles. The molecule has 0 aliphatic heterocycles. The van der Waals surface area contributed by atoms with Crippen LogP contribution in [0.5, 0.6) is 0 Å². The summed E-state index contributed by atoms with van der Waals surface area (Å²) in [7, 11) is -1.32. The van der Waals surface area contributed by atoms with E-state index in [9.17, 15) is 0 Å². The molecule has 2 aromatic rings. The van der Waals surface area contributed by atoms with Crippen LogP contribution < -0.4 is 5.38 Å². The van der Waals surface area contributed by atoms with Crippen LogP contribution in [-0.2, 0) is 0 Å². The van der Waals surface area contributed by atoms with E-state index >= 15 is 0 Å². The van der Waals surface area contributed by atoms with E-state index in [1.165, 1.54) is 10.8 Å². The number of benzene rings is 1. The molecule has 0 radical (unpaired) electrons. The van der Waals surface area contributed by atoms with Crippen molar-refractivity contribution >= 4 is 40.4 Å². The Labute approximate surface area is 93.3 Å². The van der Waals surface area contributed by atoms with Crippen LogP contribution in [0.4, 0.5) is 0 Å². The lowest BCUT2D eigenvalue weighted by Crippen LogP contribution is -2.36. The molecule has 0 atom stereocenters. The average Bonchev–Trinajstić information content (AvgIpc) is 2.45. The highest BCUT2D eigenvalue weighted by molar-refractivity contribution is 9.10. The van der Waals surface area contributed by atoms with E-state index in [0.29, 0.717) is 0 Å². The van der Waals surface area contributed by atoms with Crippen LogP contribution in [0.15, 0.2) is 33.2 Å². The van der Waals surface area contributed by atoms with Gasteiger partial charge in [-0.15, -0.1) is 0 Å². The third-order valence-corrected chi connectivity index (χ3v) is 4.44. The zero-order valence-electron chi connectivity index (χ0n) is 8.60. The van der Waals surface area contributed by atoms with Gasteiger partial charge in [-0.25, -0.2) is 0 Å². The van der Waals surface area contributed by atoms with Crippen molar-refractivity contribution in [3.8, 4) is 0 Å². The van der Waals surface area contributed by atoms with Crippen molar-refractivity contribution in [2.45, 2.75) is 19.6 Å². The smallest absolute Gasteiger partial charge is 0.134 e. The summed E-state index contributed by atoms with van der Waals surface area (Å²) < 4.78 is 6.92. The van der Waals surface area contributed by atoms with E-state index in [4.69, 9.17) is 4.42 Å². The fourth-order valence-corrected chi connectivity index (χ4v) is 2.72. The first kappa shape index (κ1) is 9.99. The second-order valence-corrected chi connectivity index (χ2v) is 10.5. The van der Waals surface area contributed by atoms with Gasteiger partial charge in [0.2, 0.25) is 0 Å². The van der Waals surface area contributed by atoms with Crippen LogP contribution in [0.1, 0.15) is 0 Å². The Bertz CT molecular complexity index is 468. The normalized spacial score (nSPS) is 12.3. The lowest BCUT2D eigenvalue weighted by atomic mass is 10.3. The molecule has 0 N–H and O–H groups in total. The molecule has 0 saturated heterocycles. The molecular weight excluding hydrogens is 256 g/mol. The van der Waals surface area contributed by atoms with Gasteiger partial charge in [0.15, 0.2) is 0 Å². The van der Waals surface area contributed by atoms with Crippen molar-refractivity contribution in [2.75, 3.05) is 0 Å². The Kier molecular flexibility index (Phi) is 2.31. The maximum absolute atomic E-state index is 5.85. The molecule has 1 nitrogen and oxygen atoms in total. The van der Waals surface area contributed by atoms with Crippen molar-refractivity contribution < 1.29 is 4.42 Å². The third-order valence-electron chi connectivity index (χ3n) is 2.22. The second kappa shape index (κ2) is 3.24. The number of halogens is 1. The summed E-state index contributed by atoms with van der Waals surface area (Å²) >= 11 is 3.44. The topological polar surface area (TPSA) is 13.1 Å². The standard InChI is InChI=1S/C11H13BrOSi/c1-14(2,3)11-6-8-4-5-9(12)7-10(8)13-11/h4-7H,1-3H3. The summed E-state index contributed by atoms with van der Waals surface area (Å²) in [5.74, 6) is 0. The molecule has 1 aromatic carbocycles. The van der Waals surface area contributed by atoms with Crippen LogP contribution in [0.25, 0.3) is 11.0 Å². The molecule has 14 heavy (non-hydrogen) atoms. The van der Waals surface area contributed by atoms with Crippen LogP contribution >= 0.6 is 15.9 Å². The number of rotatable bonds is 1. The fourth-order valence-electron chi connectivity index (χ4n) is 1.37. The van der Waals surface area contributed by atoms with E-state index in [-0.39, 0.29) is 0 Å². The van der Waals surface area contributed by atoms with Gasteiger partial charge in [-0.3, -0.25) is 0 Å². The molecule has 0 aliphatic rings. The van der Waals surface area contributed by atoms with Crippen LogP contribution in [0.2, 0.25) is 19.6 Å². The summed E-state index contributed by atoms with van der Waals surface area (Å²) in [4.78, 5) is 0. The number of fused-ring (bicyclic) bond motifs is 1. The third kappa shape index (κ3) is 1.79. The van der Waals surface area contributed by atoms with E-state index in [0.717, 1.165) is 10.1 Å². The monoisotopic (exact) mass is 268 g/mol. The van der Waals surface area contributed by atoms with Gasteiger partial charge in [0.25, 0.3) is 0 Å². The SMILES string of the molecule is C[Si](C)(C)c1cc2ccc(Br)cc2o1. The molecule has 0 aliphatic carbocycles. The Morgan fingerprint density at radius 2 is 1.86 bits per heavy atom. The van der Waals surface area contributed by atoms with E-state index in [1.54, 1.807) is 0 Å². The molecule has 0 spiro atoms. The minimum absolute atomic E-state index is 0.983. The summed E-state index contributed by atoms with van der Waals surface area (Å²) in [6, 6.07) is 8.34. The lowest BCUT2D eigenvalue weighted by Gasteiger charge is -2.10. The van der Waals surface area contributed by atoms with E-state index in [1.807, 2.05) is 12.1 Å². The molecule has 0 unspecified atom stereocenters. The first-order valence-electron chi connectivity index (χ1n) is 4.66. The highest BCUT2D eigenvalue weighted by Gasteiger charge is 2.21. The minimum atomic E-state index is -1.32. The summed E-state index contributed by atoms with van der Waals surface area (Å²) in [6.45, 7) is 6.87. The molecule has 0 saturated carbocycles. The summed E-state index contributed by atoms with van der Waals surface area (Å²) in [6.07, 6.45) is 0. The van der Waals surface area contributed by atoms with Crippen molar-refractivity contribution in [3.63, 3.8) is 0 Å². The van der Waals surface area contributed by atoms with Gasteiger partial charge in [0.1, 0.15) is 13.7 Å². The van der Waals surface area contributed by atoms with Crippen LogP contribution in [0.3, 0.4) is 0 Å². The molecular formula is C11H13BrOSi. The van der Waals surface area contributed by atoms with E-state index in [2.05, 4.69) is 47.7 Å². The van der Waals surface area contributed by atoms with Gasteiger partial charge in [-0.05, 0) is 18.2 Å². The number of hydrogen-bond acceptors (Lipinski definition) is 1. The van der Waals surface area contributed by atoms with Crippen molar-refractivity contribution in [2.24, 2.45) is 0 Å². The Morgan fingerprint density at radius 1 is 1.14 bits per heavy atom. The molecule has 0 bridgehead atoms. The van der Waals surface area contributed by atoms with Gasteiger partial charge >= 0.3 is 0 Å². The predicted molar refractivity (Wildman–Crippen MR) is 66.9 cm³/mol. The highest BCUT2D eigenvalue weighted by atomic mass is 79.9. The lowest BCUT2D eigenvalue weighted by molar-refractivity contribution is 0.648. The molecule has 0 amide bonds. The number of furan rings is 1. The summed E-state index contributed by atoms with van der Waals surface area (Å²) in [5.41, 5.74) is 0.983. The fraction of sp³-hybridized carbons (Fsp3) is 0.273. The van der Waals surface area contributed by atoms with Crippen molar-refractivity contribution in [1.29, 1.82) is 0 Å². The maximum Gasteiger partial charge on any atom is 0.134 e. The predicted octanol–water partition coefficient (Wildman–Crippen LogP) is 3.74. The zero-order chi connectivity index (χ0) is 10.3. The molecule has 74 valence electrons. The highest BCUT2D eigenvalue weighted by Crippen LogP contribution is 2.21. The van der Waals surface area contributed by atoms with Gasteiger partial charge in [0, 0.05) is 9.86 Å². The second-order valence-electron chi connectivity index (χ2n) is 4.54. The van der Waals surface area contributed by atoms with Crippen molar-refractivity contribution in [1.82, 2.24) is 0 Å². The van der Waals surface area contributed by atoms with Gasteiger partial charge in [0.05, 0.1) is 5.38 Å². The molecule has 1 heterocycles. The van der Waals surface area contributed by atoms with Crippen LogP contribution in [-0.4, -0.2) is 8.07 Å². The maximum atomic E-state index is 5.85. The Balaban J connectivity index is 2.63. The minimum Gasteiger partial charge on any atom is -0.466 e. The Morgan fingerprint density at radius 3 is 2.50 bits per heavy atom. The van der Waals surface area contributed by atoms with Crippen LogP contribution in [0, 0.1) is 0 Å².